The summed E-state index contributed by atoms with van der Waals surface area (Å²) in [6.07, 6.45) is 0.783. The molecule has 0 saturated heterocycles. The highest BCUT2D eigenvalue weighted by Crippen LogP contribution is 2.50. The van der Waals surface area contributed by atoms with Gasteiger partial charge in [0.1, 0.15) is 5.56 Å². The van der Waals surface area contributed by atoms with Gasteiger partial charge in [0.15, 0.2) is 16.9 Å². The number of aromatic carboxylic acids is 1. The maximum atomic E-state index is 12.7. The summed E-state index contributed by atoms with van der Waals surface area (Å²) in [5, 5.41) is 9.44. The molecular formula is C22H25NO8S. The number of aryl methyl sites for hydroxylation is 1. The molecule has 1 aliphatic carbocycles. The largest absolute Gasteiger partial charge is 0.493 e. The molecule has 1 aliphatic rings. The number of benzene rings is 1. The monoisotopic (exact) mass is 463 g/mol. The van der Waals surface area contributed by atoms with Crippen molar-refractivity contribution in [3.8, 4) is 28.4 Å². The number of ether oxygens (including phenoxy) is 3. The van der Waals surface area contributed by atoms with Crippen molar-refractivity contribution < 1.29 is 32.5 Å². The van der Waals surface area contributed by atoms with Crippen LogP contribution >= 0.6 is 0 Å². The Morgan fingerprint density at radius 1 is 1.12 bits per heavy atom. The molecule has 3 rings (SSSR count). The first kappa shape index (κ1) is 23.6. The lowest BCUT2D eigenvalue weighted by Crippen LogP contribution is -2.30. The Labute approximate surface area is 186 Å². The molecule has 0 spiro atoms. The van der Waals surface area contributed by atoms with Gasteiger partial charge in [0.05, 0.1) is 27.1 Å². The smallest absolute Gasteiger partial charge is 0.339 e. The number of rotatable bonds is 7. The number of fused-ring (bicyclic) bond motifs is 3. The van der Waals surface area contributed by atoms with E-state index in [2.05, 4.69) is 4.72 Å². The Bertz CT molecular complexity index is 1220. The fourth-order valence-corrected chi connectivity index (χ4v) is 4.76. The van der Waals surface area contributed by atoms with E-state index in [1.165, 1.54) is 46.5 Å². The number of methoxy groups -OCH3 is 3. The normalized spacial score (nSPS) is 15.2. The summed E-state index contributed by atoms with van der Waals surface area (Å²) in [7, 11) is 0.805. The van der Waals surface area contributed by atoms with Crippen LogP contribution < -0.4 is 24.4 Å². The van der Waals surface area contributed by atoms with Crippen LogP contribution in [0.3, 0.4) is 0 Å². The lowest BCUT2D eigenvalue weighted by atomic mass is 9.95. The van der Waals surface area contributed by atoms with Gasteiger partial charge in [0.2, 0.25) is 15.8 Å². The van der Waals surface area contributed by atoms with Gasteiger partial charge in [-0.1, -0.05) is 6.07 Å². The van der Waals surface area contributed by atoms with Crippen LogP contribution in [0.2, 0.25) is 0 Å². The van der Waals surface area contributed by atoms with E-state index in [1.54, 1.807) is 6.07 Å². The molecule has 0 bridgehead atoms. The molecule has 0 aliphatic heterocycles. The van der Waals surface area contributed by atoms with Gasteiger partial charge in [-0.2, -0.15) is 0 Å². The first-order valence-corrected chi connectivity index (χ1v) is 11.6. The number of hydrogen-bond donors (Lipinski definition) is 2. The molecule has 1 atom stereocenters. The third kappa shape index (κ3) is 4.28. The molecule has 2 aromatic carbocycles. The molecule has 9 nitrogen and oxygen atoms in total. The van der Waals surface area contributed by atoms with Crippen molar-refractivity contribution >= 4 is 16.0 Å². The summed E-state index contributed by atoms with van der Waals surface area (Å²) < 4.78 is 44.0. The van der Waals surface area contributed by atoms with E-state index in [0.29, 0.717) is 46.8 Å². The average Bonchev–Trinajstić information content (AvgIpc) is 3.01. The van der Waals surface area contributed by atoms with Gasteiger partial charge in [0.25, 0.3) is 0 Å². The average molecular weight is 464 g/mol. The van der Waals surface area contributed by atoms with E-state index < -0.39 is 33.0 Å². The predicted octanol–water partition coefficient (Wildman–Crippen LogP) is 2.36. The van der Waals surface area contributed by atoms with E-state index in [-0.39, 0.29) is 5.75 Å². The summed E-state index contributed by atoms with van der Waals surface area (Å²) in [6.45, 7) is 1.51. The van der Waals surface area contributed by atoms with Gasteiger partial charge in [-0.25, -0.2) is 17.9 Å². The Morgan fingerprint density at radius 3 is 2.38 bits per heavy atom. The quantitative estimate of drug-likeness (QED) is 0.640. The third-order valence-corrected chi connectivity index (χ3v) is 6.87. The molecule has 0 aromatic heterocycles. The first-order valence-electron chi connectivity index (χ1n) is 9.91. The van der Waals surface area contributed by atoms with Crippen molar-refractivity contribution in [1.29, 1.82) is 0 Å². The molecule has 0 saturated carbocycles. The van der Waals surface area contributed by atoms with E-state index >= 15 is 0 Å². The van der Waals surface area contributed by atoms with Gasteiger partial charge < -0.3 is 19.3 Å². The van der Waals surface area contributed by atoms with Crippen LogP contribution in [-0.4, -0.2) is 46.6 Å². The highest BCUT2D eigenvalue weighted by Gasteiger charge is 2.30. The molecular weight excluding hydrogens is 438 g/mol. The fourth-order valence-electron chi connectivity index (χ4n) is 3.91. The minimum atomic E-state index is -3.62. The van der Waals surface area contributed by atoms with Crippen molar-refractivity contribution in [2.75, 3.05) is 27.1 Å². The second-order valence-electron chi connectivity index (χ2n) is 7.22. The minimum absolute atomic E-state index is 0.139. The number of carboxylic acids is 1. The second-order valence-corrected chi connectivity index (χ2v) is 9.26. The fraction of sp³-hybridized carbons (Fsp3) is 0.364. The zero-order valence-electron chi connectivity index (χ0n) is 18.2. The van der Waals surface area contributed by atoms with E-state index in [4.69, 9.17) is 14.2 Å². The molecule has 32 heavy (non-hydrogen) atoms. The van der Waals surface area contributed by atoms with Crippen LogP contribution in [0.4, 0.5) is 0 Å². The number of hydrogen-bond acceptors (Lipinski definition) is 7. The minimum Gasteiger partial charge on any atom is -0.493 e. The Kier molecular flexibility index (Phi) is 6.75. The molecule has 172 valence electrons. The van der Waals surface area contributed by atoms with Gasteiger partial charge in [-0.3, -0.25) is 4.79 Å². The summed E-state index contributed by atoms with van der Waals surface area (Å²) in [5.74, 6) is -0.392. The zero-order chi connectivity index (χ0) is 23.6. The lowest BCUT2D eigenvalue weighted by Gasteiger charge is -2.19. The van der Waals surface area contributed by atoms with Crippen molar-refractivity contribution in [1.82, 2.24) is 4.72 Å². The molecule has 0 amide bonds. The Morgan fingerprint density at radius 2 is 1.81 bits per heavy atom. The highest BCUT2D eigenvalue weighted by molar-refractivity contribution is 7.89. The predicted molar refractivity (Wildman–Crippen MR) is 118 cm³/mol. The van der Waals surface area contributed by atoms with Gasteiger partial charge in [-0.05, 0) is 54.7 Å². The molecule has 0 fully saturated rings. The number of carbonyl (C=O) groups is 1. The van der Waals surface area contributed by atoms with Gasteiger partial charge in [-0.15, -0.1) is 0 Å². The van der Waals surface area contributed by atoms with Crippen LogP contribution in [0.15, 0.2) is 29.1 Å². The molecule has 0 unspecified atom stereocenters. The summed E-state index contributed by atoms with van der Waals surface area (Å²) >= 11 is 0. The second kappa shape index (κ2) is 9.17. The number of sulfonamides is 1. The molecule has 0 radical (unpaired) electrons. The standard InChI is InChI=1S/C22H25NO8S/c1-5-32(27,28)23-16-9-6-12-10-18(29-2)20(30-3)21(31-4)19(12)13-7-8-14(22(25)26)17(24)11-15(13)16/h7-8,10-11,16,23H,5-6,9H2,1-4H3,(H,25,26)/t16-/m0/s1. The molecule has 10 heteroatoms. The summed E-state index contributed by atoms with van der Waals surface area (Å²) in [6, 6.07) is 4.95. The Balaban J connectivity index is 2.43. The van der Waals surface area contributed by atoms with Crippen LogP contribution in [0, 0.1) is 0 Å². The number of carboxylic acid groups (broad SMARTS) is 1. The van der Waals surface area contributed by atoms with Crippen molar-refractivity contribution in [3.63, 3.8) is 0 Å². The third-order valence-electron chi connectivity index (χ3n) is 5.47. The maximum Gasteiger partial charge on any atom is 0.339 e. The summed E-state index contributed by atoms with van der Waals surface area (Å²) in [4.78, 5) is 24.3. The highest BCUT2D eigenvalue weighted by atomic mass is 32.2. The van der Waals surface area contributed by atoms with Crippen LogP contribution in [0.25, 0.3) is 11.1 Å². The molecule has 0 heterocycles. The van der Waals surface area contributed by atoms with Crippen molar-refractivity contribution in [2.24, 2.45) is 0 Å². The van der Waals surface area contributed by atoms with Crippen molar-refractivity contribution in [2.45, 2.75) is 25.8 Å². The van der Waals surface area contributed by atoms with E-state index in [0.717, 1.165) is 5.56 Å². The van der Waals surface area contributed by atoms with E-state index in [1.807, 2.05) is 0 Å². The van der Waals surface area contributed by atoms with Crippen LogP contribution in [-0.2, 0) is 16.4 Å². The number of nitrogens with one attached hydrogen (secondary N) is 1. The van der Waals surface area contributed by atoms with Gasteiger partial charge in [0, 0.05) is 11.6 Å². The van der Waals surface area contributed by atoms with Crippen molar-refractivity contribution in [3.05, 3.63) is 51.2 Å². The van der Waals surface area contributed by atoms with E-state index in [9.17, 15) is 23.1 Å². The summed E-state index contributed by atoms with van der Waals surface area (Å²) in [5.41, 5.74) is 1.07. The van der Waals surface area contributed by atoms with Gasteiger partial charge >= 0.3 is 5.97 Å². The zero-order valence-corrected chi connectivity index (χ0v) is 19.0. The molecule has 2 N–H and O–H groups in total. The SMILES string of the molecule is CCS(=O)(=O)N[C@H]1CCc2cc(OC)c(OC)c(OC)c2-c2ccc(C(=O)O)c(=O)cc21. The van der Waals surface area contributed by atoms with Crippen LogP contribution in [0.5, 0.6) is 17.2 Å². The lowest BCUT2D eigenvalue weighted by molar-refractivity contribution is 0.0695. The Hall–Kier alpha value is -3.11. The molecule has 2 aromatic rings. The first-order chi connectivity index (χ1) is 15.2. The topological polar surface area (TPSA) is 128 Å². The van der Waals surface area contributed by atoms with Crippen LogP contribution in [0.1, 0.15) is 40.9 Å². The maximum absolute atomic E-state index is 12.7.